The standard InChI is InChI=1S/C15H23NO2/c1-4-18-15(17)14-11(2)10-16(12(14)3)13-8-6-5-7-9-13/h10,13H,4-9H2,1-3H3. The summed E-state index contributed by atoms with van der Waals surface area (Å²) in [5.41, 5.74) is 2.87. The maximum absolute atomic E-state index is 11.9. The third-order valence-corrected chi connectivity index (χ3v) is 3.92. The second kappa shape index (κ2) is 5.59. The van der Waals surface area contributed by atoms with Crippen molar-refractivity contribution >= 4 is 5.97 Å². The van der Waals surface area contributed by atoms with Crippen molar-refractivity contribution in [1.29, 1.82) is 0 Å². The Hall–Kier alpha value is -1.25. The molecule has 0 saturated heterocycles. The van der Waals surface area contributed by atoms with Gasteiger partial charge >= 0.3 is 5.97 Å². The van der Waals surface area contributed by atoms with Crippen LogP contribution < -0.4 is 0 Å². The molecule has 1 aliphatic rings. The van der Waals surface area contributed by atoms with Crippen molar-refractivity contribution in [3.8, 4) is 0 Å². The monoisotopic (exact) mass is 249 g/mol. The zero-order valence-electron chi connectivity index (χ0n) is 11.7. The van der Waals surface area contributed by atoms with E-state index in [1.807, 2.05) is 20.8 Å². The summed E-state index contributed by atoms with van der Waals surface area (Å²) in [6, 6.07) is 0.570. The molecule has 0 spiro atoms. The van der Waals surface area contributed by atoms with Gasteiger partial charge in [0.25, 0.3) is 0 Å². The SMILES string of the molecule is CCOC(=O)c1c(C)cn(C2CCCCC2)c1C. The highest BCUT2D eigenvalue weighted by molar-refractivity contribution is 5.92. The fraction of sp³-hybridized carbons (Fsp3) is 0.667. The molecule has 1 heterocycles. The van der Waals surface area contributed by atoms with Gasteiger partial charge < -0.3 is 9.30 Å². The molecule has 0 radical (unpaired) electrons. The predicted octanol–water partition coefficient (Wildman–Crippen LogP) is 3.79. The minimum atomic E-state index is -0.179. The molecule has 18 heavy (non-hydrogen) atoms. The first-order valence-electron chi connectivity index (χ1n) is 7.00. The van der Waals surface area contributed by atoms with Crippen LogP contribution in [0.4, 0.5) is 0 Å². The molecule has 3 heteroatoms. The van der Waals surface area contributed by atoms with Gasteiger partial charge in [0, 0.05) is 17.9 Å². The largest absolute Gasteiger partial charge is 0.462 e. The number of rotatable bonds is 3. The van der Waals surface area contributed by atoms with Gasteiger partial charge in [0.05, 0.1) is 12.2 Å². The molecule has 1 saturated carbocycles. The van der Waals surface area contributed by atoms with Gasteiger partial charge in [-0.25, -0.2) is 4.79 Å². The Morgan fingerprint density at radius 1 is 1.33 bits per heavy atom. The van der Waals surface area contributed by atoms with Crippen LogP contribution in [0, 0.1) is 13.8 Å². The van der Waals surface area contributed by atoms with Gasteiger partial charge in [-0.05, 0) is 39.2 Å². The summed E-state index contributed by atoms with van der Waals surface area (Å²) in [4.78, 5) is 11.9. The average molecular weight is 249 g/mol. The lowest BCUT2D eigenvalue weighted by Crippen LogP contribution is -2.14. The molecular formula is C15H23NO2. The van der Waals surface area contributed by atoms with E-state index in [0.29, 0.717) is 12.6 Å². The van der Waals surface area contributed by atoms with Crippen LogP contribution in [0.1, 0.15) is 66.7 Å². The highest BCUT2D eigenvalue weighted by atomic mass is 16.5. The summed E-state index contributed by atoms with van der Waals surface area (Å²) < 4.78 is 7.43. The highest BCUT2D eigenvalue weighted by Gasteiger charge is 2.23. The summed E-state index contributed by atoms with van der Waals surface area (Å²) in [6.45, 7) is 6.32. The van der Waals surface area contributed by atoms with Crippen LogP contribution >= 0.6 is 0 Å². The number of ether oxygens (including phenoxy) is 1. The van der Waals surface area contributed by atoms with E-state index in [1.165, 1.54) is 32.1 Å². The molecule has 1 aliphatic carbocycles. The minimum Gasteiger partial charge on any atom is -0.462 e. The topological polar surface area (TPSA) is 31.2 Å². The molecule has 100 valence electrons. The Kier molecular flexibility index (Phi) is 4.10. The molecule has 0 aliphatic heterocycles. The lowest BCUT2D eigenvalue weighted by molar-refractivity contribution is 0.0524. The van der Waals surface area contributed by atoms with Crippen molar-refractivity contribution in [2.45, 2.75) is 58.9 Å². The quantitative estimate of drug-likeness (QED) is 0.763. The molecule has 0 bridgehead atoms. The third-order valence-electron chi connectivity index (χ3n) is 3.92. The summed E-state index contributed by atoms with van der Waals surface area (Å²) in [5, 5.41) is 0. The second-order valence-electron chi connectivity index (χ2n) is 5.19. The van der Waals surface area contributed by atoms with Gasteiger partial charge in [0.1, 0.15) is 0 Å². The number of carbonyl (C=O) groups excluding carboxylic acids is 1. The molecule has 2 rings (SSSR count). The van der Waals surface area contributed by atoms with Crippen molar-refractivity contribution in [2.75, 3.05) is 6.61 Å². The Balaban J connectivity index is 2.27. The van der Waals surface area contributed by atoms with E-state index >= 15 is 0 Å². The predicted molar refractivity (Wildman–Crippen MR) is 72.0 cm³/mol. The normalized spacial score (nSPS) is 16.8. The number of nitrogens with zero attached hydrogens (tertiary/aromatic N) is 1. The number of aromatic nitrogens is 1. The van der Waals surface area contributed by atoms with Gasteiger partial charge in [-0.2, -0.15) is 0 Å². The van der Waals surface area contributed by atoms with Crippen molar-refractivity contribution in [3.63, 3.8) is 0 Å². The van der Waals surface area contributed by atoms with Crippen molar-refractivity contribution in [3.05, 3.63) is 23.0 Å². The Labute approximate surface area is 109 Å². The molecule has 3 nitrogen and oxygen atoms in total. The molecule has 0 atom stereocenters. The van der Waals surface area contributed by atoms with E-state index in [9.17, 15) is 4.79 Å². The van der Waals surface area contributed by atoms with E-state index in [1.54, 1.807) is 0 Å². The molecule has 0 aromatic carbocycles. The molecule has 0 amide bonds. The van der Waals surface area contributed by atoms with Crippen LogP contribution in [-0.2, 0) is 4.74 Å². The van der Waals surface area contributed by atoms with Gasteiger partial charge in [-0.3, -0.25) is 0 Å². The lowest BCUT2D eigenvalue weighted by atomic mass is 9.95. The fourth-order valence-electron chi connectivity index (χ4n) is 3.03. The second-order valence-corrected chi connectivity index (χ2v) is 5.19. The van der Waals surface area contributed by atoms with E-state index < -0.39 is 0 Å². The van der Waals surface area contributed by atoms with Crippen molar-refractivity contribution < 1.29 is 9.53 Å². The van der Waals surface area contributed by atoms with E-state index in [2.05, 4.69) is 10.8 Å². The number of hydrogen-bond acceptors (Lipinski definition) is 2. The Bertz CT molecular complexity index is 428. The van der Waals surface area contributed by atoms with E-state index in [-0.39, 0.29) is 5.97 Å². The molecular weight excluding hydrogens is 226 g/mol. The van der Waals surface area contributed by atoms with Crippen LogP contribution in [0.15, 0.2) is 6.20 Å². The lowest BCUT2D eigenvalue weighted by Gasteiger charge is -2.24. The molecule has 1 aromatic heterocycles. The first-order valence-corrected chi connectivity index (χ1v) is 7.00. The van der Waals surface area contributed by atoms with Crippen LogP contribution in [0.25, 0.3) is 0 Å². The van der Waals surface area contributed by atoms with E-state index in [4.69, 9.17) is 4.74 Å². The summed E-state index contributed by atoms with van der Waals surface area (Å²) in [6.07, 6.45) is 8.54. The molecule has 1 aromatic rings. The summed E-state index contributed by atoms with van der Waals surface area (Å²) in [5.74, 6) is -0.179. The number of aryl methyl sites for hydroxylation is 1. The van der Waals surface area contributed by atoms with Gasteiger partial charge in [0.2, 0.25) is 0 Å². The van der Waals surface area contributed by atoms with Crippen molar-refractivity contribution in [1.82, 2.24) is 4.57 Å². The number of hydrogen-bond donors (Lipinski definition) is 0. The zero-order valence-corrected chi connectivity index (χ0v) is 11.7. The van der Waals surface area contributed by atoms with E-state index in [0.717, 1.165) is 16.8 Å². The summed E-state index contributed by atoms with van der Waals surface area (Å²) in [7, 11) is 0. The Morgan fingerprint density at radius 3 is 2.61 bits per heavy atom. The molecule has 0 N–H and O–H groups in total. The zero-order chi connectivity index (χ0) is 13.1. The van der Waals surface area contributed by atoms with Crippen molar-refractivity contribution in [2.24, 2.45) is 0 Å². The van der Waals surface area contributed by atoms with Crippen LogP contribution in [0.3, 0.4) is 0 Å². The first kappa shape index (κ1) is 13.2. The average Bonchev–Trinajstić information content (AvgIpc) is 2.66. The van der Waals surface area contributed by atoms with Crippen LogP contribution in [0.2, 0.25) is 0 Å². The smallest absolute Gasteiger partial charge is 0.340 e. The van der Waals surface area contributed by atoms with Crippen LogP contribution in [0.5, 0.6) is 0 Å². The number of esters is 1. The summed E-state index contributed by atoms with van der Waals surface area (Å²) >= 11 is 0. The highest BCUT2D eigenvalue weighted by Crippen LogP contribution is 2.31. The number of carbonyl (C=O) groups is 1. The van der Waals surface area contributed by atoms with Gasteiger partial charge in [-0.1, -0.05) is 19.3 Å². The Morgan fingerprint density at radius 2 is 2.00 bits per heavy atom. The molecule has 1 fully saturated rings. The van der Waals surface area contributed by atoms with Gasteiger partial charge in [0.15, 0.2) is 0 Å². The maximum Gasteiger partial charge on any atom is 0.340 e. The maximum atomic E-state index is 11.9. The third kappa shape index (κ3) is 2.45. The van der Waals surface area contributed by atoms with Crippen LogP contribution in [-0.4, -0.2) is 17.1 Å². The molecule has 0 unspecified atom stereocenters. The first-order chi connectivity index (χ1) is 8.65. The minimum absolute atomic E-state index is 0.179. The fourth-order valence-corrected chi connectivity index (χ4v) is 3.03. The van der Waals surface area contributed by atoms with Gasteiger partial charge in [-0.15, -0.1) is 0 Å².